The molecule has 1 aliphatic carbocycles. The summed E-state index contributed by atoms with van der Waals surface area (Å²) in [5.74, 6) is 0.595. The summed E-state index contributed by atoms with van der Waals surface area (Å²) in [6, 6.07) is 13.8. The molecule has 1 fully saturated rings. The van der Waals surface area contributed by atoms with E-state index < -0.39 is 0 Å². The zero-order valence-corrected chi connectivity index (χ0v) is 15.6. The van der Waals surface area contributed by atoms with Crippen molar-refractivity contribution in [2.24, 2.45) is 5.92 Å². The van der Waals surface area contributed by atoms with Crippen LogP contribution in [0.2, 0.25) is 5.02 Å². The van der Waals surface area contributed by atoms with Crippen LogP contribution in [0.5, 0.6) is 0 Å². The molecule has 2 aromatic carbocycles. The van der Waals surface area contributed by atoms with Crippen molar-refractivity contribution in [3.05, 3.63) is 63.8 Å². The minimum atomic E-state index is -0.144. The van der Waals surface area contributed by atoms with Gasteiger partial charge in [-0.3, -0.25) is 9.59 Å². The number of hydrogen-bond donors (Lipinski definition) is 1. The highest BCUT2D eigenvalue weighted by atomic mass is 35.5. The molecule has 1 aromatic heterocycles. The number of hydrogen-bond acceptors (Lipinski definition) is 3. The summed E-state index contributed by atoms with van der Waals surface area (Å²) >= 11 is 5.91. The van der Waals surface area contributed by atoms with Gasteiger partial charge in [-0.2, -0.15) is 0 Å². The van der Waals surface area contributed by atoms with Crippen molar-refractivity contribution < 1.29 is 9.21 Å². The van der Waals surface area contributed by atoms with Crippen LogP contribution in [0.4, 0.5) is 5.69 Å². The highest BCUT2D eigenvalue weighted by Crippen LogP contribution is 2.27. The lowest BCUT2D eigenvalue weighted by atomic mass is 9.88. The van der Waals surface area contributed by atoms with Crippen molar-refractivity contribution in [1.82, 2.24) is 0 Å². The molecule has 0 aliphatic heterocycles. The Morgan fingerprint density at radius 1 is 1.00 bits per heavy atom. The quantitative estimate of drug-likeness (QED) is 0.639. The Kier molecular flexibility index (Phi) is 4.99. The van der Waals surface area contributed by atoms with Gasteiger partial charge in [-0.15, -0.1) is 0 Å². The smallest absolute Gasteiger partial charge is 0.227 e. The second-order valence-electron chi connectivity index (χ2n) is 7.02. The van der Waals surface area contributed by atoms with Crippen LogP contribution in [-0.4, -0.2) is 5.91 Å². The third kappa shape index (κ3) is 3.91. The minimum Gasteiger partial charge on any atom is -0.456 e. The van der Waals surface area contributed by atoms with Gasteiger partial charge in [0, 0.05) is 28.3 Å². The maximum atomic E-state index is 12.6. The number of anilines is 1. The van der Waals surface area contributed by atoms with Crippen LogP contribution in [0.25, 0.3) is 22.3 Å². The molecule has 1 N–H and O–H groups in total. The summed E-state index contributed by atoms with van der Waals surface area (Å²) in [5, 5.41) is 4.03. The maximum absolute atomic E-state index is 12.6. The van der Waals surface area contributed by atoms with Crippen LogP contribution in [-0.2, 0) is 4.79 Å². The van der Waals surface area contributed by atoms with E-state index in [2.05, 4.69) is 5.32 Å². The first-order chi connectivity index (χ1) is 13.1. The summed E-state index contributed by atoms with van der Waals surface area (Å²) in [4.78, 5) is 25.0. The number of amides is 1. The SMILES string of the molecule is O=C(Nc1ccc2oc(-c3ccc(Cl)cc3)cc(=O)c2c1)C1CCCCC1. The van der Waals surface area contributed by atoms with Crippen molar-refractivity contribution in [2.75, 3.05) is 5.32 Å². The lowest BCUT2D eigenvalue weighted by molar-refractivity contribution is -0.120. The van der Waals surface area contributed by atoms with Gasteiger partial charge in [-0.1, -0.05) is 30.9 Å². The number of halogens is 1. The average molecular weight is 382 g/mol. The highest BCUT2D eigenvalue weighted by Gasteiger charge is 2.21. The Hall–Kier alpha value is -2.59. The Labute approximate surface area is 162 Å². The molecule has 27 heavy (non-hydrogen) atoms. The summed E-state index contributed by atoms with van der Waals surface area (Å²) in [6.07, 6.45) is 5.29. The second-order valence-corrected chi connectivity index (χ2v) is 7.45. The number of benzene rings is 2. The van der Waals surface area contributed by atoms with Crippen LogP contribution in [0.1, 0.15) is 32.1 Å². The molecule has 0 unspecified atom stereocenters. The van der Waals surface area contributed by atoms with Crippen LogP contribution in [0, 0.1) is 5.92 Å². The van der Waals surface area contributed by atoms with Crippen LogP contribution >= 0.6 is 11.6 Å². The molecule has 138 valence electrons. The maximum Gasteiger partial charge on any atom is 0.227 e. The molecule has 0 atom stereocenters. The summed E-state index contributed by atoms with van der Waals surface area (Å²) in [6.45, 7) is 0. The van der Waals surface area contributed by atoms with Gasteiger partial charge in [0.15, 0.2) is 5.43 Å². The zero-order chi connectivity index (χ0) is 18.8. The summed E-state index contributed by atoms with van der Waals surface area (Å²) in [7, 11) is 0. The molecule has 0 spiro atoms. The predicted molar refractivity (Wildman–Crippen MR) is 108 cm³/mol. The molecular weight excluding hydrogens is 362 g/mol. The van der Waals surface area contributed by atoms with E-state index in [1.54, 1.807) is 30.3 Å². The van der Waals surface area contributed by atoms with Gasteiger partial charge < -0.3 is 9.73 Å². The molecule has 1 saturated carbocycles. The Morgan fingerprint density at radius 3 is 2.48 bits per heavy atom. The predicted octanol–water partition coefficient (Wildman–Crippen LogP) is 5.63. The van der Waals surface area contributed by atoms with E-state index >= 15 is 0 Å². The van der Waals surface area contributed by atoms with Gasteiger partial charge in [0.1, 0.15) is 11.3 Å². The van der Waals surface area contributed by atoms with Crippen molar-refractivity contribution in [3.63, 3.8) is 0 Å². The molecule has 4 rings (SSSR count). The average Bonchev–Trinajstić information content (AvgIpc) is 2.69. The van der Waals surface area contributed by atoms with Crippen LogP contribution < -0.4 is 10.7 Å². The van der Waals surface area contributed by atoms with E-state index in [1.807, 2.05) is 12.1 Å². The standard InChI is InChI=1S/C22H20ClNO3/c23-16-8-6-14(7-9-16)21-13-19(25)18-12-17(10-11-20(18)27-21)24-22(26)15-4-2-1-3-5-15/h6-13,15H,1-5H2,(H,24,26). The topological polar surface area (TPSA) is 59.3 Å². The second kappa shape index (κ2) is 7.57. The molecule has 1 heterocycles. The Bertz CT molecular complexity index is 1030. The van der Waals surface area contributed by atoms with Crippen molar-refractivity contribution >= 4 is 34.2 Å². The summed E-state index contributed by atoms with van der Waals surface area (Å²) < 4.78 is 5.89. The number of carbonyl (C=O) groups excluding carboxylic acids is 1. The zero-order valence-electron chi connectivity index (χ0n) is 14.8. The molecule has 4 nitrogen and oxygen atoms in total. The molecule has 3 aromatic rings. The Balaban J connectivity index is 1.62. The molecule has 0 saturated heterocycles. The third-order valence-corrected chi connectivity index (χ3v) is 5.35. The van der Waals surface area contributed by atoms with Gasteiger partial charge in [-0.25, -0.2) is 0 Å². The Morgan fingerprint density at radius 2 is 1.74 bits per heavy atom. The van der Waals surface area contributed by atoms with E-state index in [9.17, 15) is 9.59 Å². The lowest BCUT2D eigenvalue weighted by Crippen LogP contribution is -2.24. The molecule has 0 radical (unpaired) electrons. The van der Waals surface area contributed by atoms with Crippen molar-refractivity contribution in [3.8, 4) is 11.3 Å². The molecule has 0 bridgehead atoms. The molecular formula is C22H20ClNO3. The highest BCUT2D eigenvalue weighted by molar-refractivity contribution is 6.30. The van der Waals surface area contributed by atoms with E-state index in [1.165, 1.54) is 12.5 Å². The van der Waals surface area contributed by atoms with E-state index in [0.29, 0.717) is 27.4 Å². The van der Waals surface area contributed by atoms with Crippen molar-refractivity contribution in [1.29, 1.82) is 0 Å². The number of carbonyl (C=O) groups is 1. The molecule has 1 aliphatic rings. The van der Waals surface area contributed by atoms with Gasteiger partial charge in [0.05, 0.1) is 5.39 Å². The lowest BCUT2D eigenvalue weighted by Gasteiger charge is -2.20. The van der Waals surface area contributed by atoms with Gasteiger partial charge in [-0.05, 0) is 55.3 Å². The van der Waals surface area contributed by atoms with Crippen molar-refractivity contribution in [2.45, 2.75) is 32.1 Å². The van der Waals surface area contributed by atoms with Gasteiger partial charge in [0.2, 0.25) is 5.91 Å². The van der Waals surface area contributed by atoms with E-state index in [4.69, 9.17) is 16.0 Å². The molecule has 1 amide bonds. The van der Waals surface area contributed by atoms with Gasteiger partial charge in [0.25, 0.3) is 0 Å². The normalized spacial score (nSPS) is 15.0. The fraction of sp³-hybridized carbons (Fsp3) is 0.273. The fourth-order valence-corrected chi connectivity index (χ4v) is 3.73. The number of nitrogens with one attached hydrogen (secondary N) is 1. The third-order valence-electron chi connectivity index (χ3n) is 5.10. The van der Waals surface area contributed by atoms with E-state index in [-0.39, 0.29) is 17.3 Å². The first-order valence-corrected chi connectivity index (χ1v) is 9.63. The largest absolute Gasteiger partial charge is 0.456 e. The summed E-state index contributed by atoms with van der Waals surface area (Å²) in [5.41, 5.74) is 1.76. The number of rotatable bonds is 3. The van der Waals surface area contributed by atoms with Crippen LogP contribution in [0.3, 0.4) is 0 Å². The first-order valence-electron chi connectivity index (χ1n) is 9.25. The number of fused-ring (bicyclic) bond motifs is 1. The first kappa shape index (κ1) is 17.8. The minimum absolute atomic E-state index is 0.0382. The molecule has 5 heteroatoms. The van der Waals surface area contributed by atoms with E-state index in [0.717, 1.165) is 31.2 Å². The van der Waals surface area contributed by atoms with Gasteiger partial charge >= 0.3 is 0 Å². The van der Waals surface area contributed by atoms with Crippen LogP contribution in [0.15, 0.2) is 57.7 Å². The monoisotopic (exact) mass is 381 g/mol. The fourth-order valence-electron chi connectivity index (χ4n) is 3.60.